The highest BCUT2D eigenvalue weighted by molar-refractivity contribution is 6.30. The Morgan fingerprint density at radius 1 is 1.29 bits per heavy atom. The molecule has 3 saturated heterocycles. The predicted molar refractivity (Wildman–Crippen MR) is 83.4 cm³/mol. The monoisotopic (exact) mass is 304 g/mol. The summed E-state index contributed by atoms with van der Waals surface area (Å²) in [6, 6.07) is 9.99. The van der Waals surface area contributed by atoms with Crippen molar-refractivity contribution < 1.29 is 4.79 Å². The molecule has 4 bridgehead atoms. The van der Waals surface area contributed by atoms with Crippen LogP contribution in [0.25, 0.3) is 0 Å². The highest BCUT2D eigenvalue weighted by Gasteiger charge is 2.55. The number of carbonyl (C=O) groups excluding carboxylic acids is 1. The first kappa shape index (κ1) is 13.6. The maximum Gasteiger partial charge on any atom is 0.217 e. The average Bonchev–Trinajstić information content (AvgIpc) is 2.85. The number of nitrogens with one attached hydrogen (secondary N) is 1. The molecule has 3 aliphatic heterocycles. The molecular weight excluding hydrogens is 284 g/mol. The Kier molecular flexibility index (Phi) is 3.23. The van der Waals surface area contributed by atoms with E-state index in [1.165, 1.54) is 24.8 Å². The number of halogens is 1. The lowest BCUT2D eigenvalue weighted by Crippen LogP contribution is -2.43. The van der Waals surface area contributed by atoms with Crippen LogP contribution in [-0.4, -0.2) is 35.5 Å². The molecule has 3 aliphatic rings. The van der Waals surface area contributed by atoms with Crippen molar-refractivity contribution in [3.63, 3.8) is 0 Å². The number of amides is 1. The summed E-state index contributed by atoms with van der Waals surface area (Å²) in [5, 5.41) is 4.00. The number of rotatable bonds is 2. The molecule has 112 valence electrons. The van der Waals surface area contributed by atoms with Gasteiger partial charge in [-0.3, -0.25) is 9.69 Å². The summed E-state index contributed by atoms with van der Waals surface area (Å²) in [7, 11) is 0. The third-order valence-corrected chi connectivity index (χ3v) is 5.94. The van der Waals surface area contributed by atoms with Crippen LogP contribution in [0.4, 0.5) is 0 Å². The SMILES string of the molecule is CC(=O)NC1CN2[C@H]3CC[C@@H]2[C@H]1[C@H](c1ccc(Cl)cc1)C3. The van der Waals surface area contributed by atoms with Crippen LogP contribution >= 0.6 is 11.6 Å². The Morgan fingerprint density at radius 3 is 2.76 bits per heavy atom. The first-order valence-electron chi connectivity index (χ1n) is 7.92. The van der Waals surface area contributed by atoms with Gasteiger partial charge < -0.3 is 5.32 Å². The van der Waals surface area contributed by atoms with Crippen LogP contribution in [0.1, 0.15) is 37.7 Å². The first-order valence-corrected chi connectivity index (χ1v) is 8.29. The van der Waals surface area contributed by atoms with E-state index in [9.17, 15) is 4.79 Å². The second-order valence-electron chi connectivity index (χ2n) is 6.77. The van der Waals surface area contributed by atoms with Gasteiger partial charge in [-0.15, -0.1) is 0 Å². The molecule has 0 saturated carbocycles. The van der Waals surface area contributed by atoms with Crippen molar-refractivity contribution in [3.8, 4) is 0 Å². The summed E-state index contributed by atoms with van der Waals surface area (Å²) < 4.78 is 0. The summed E-state index contributed by atoms with van der Waals surface area (Å²) in [6.07, 6.45) is 3.83. The Labute approximate surface area is 130 Å². The van der Waals surface area contributed by atoms with Crippen LogP contribution < -0.4 is 5.32 Å². The molecule has 1 aromatic carbocycles. The van der Waals surface area contributed by atoms with E-state index in [-0.39, 0.29) is 5.91 Å². The molecule has 3 nitrogen and oxygen atoms in total. The van der Waals surface area contributed by atoms with E-state index in [0.29, 0.717) is 30.0 Å². The molecule has 3 heterocycles. The molecular formula is C17H21ClN2O. The highest BCUT2D eigenvalue weighted by atomic mass is 35.5. The van der Waals surface area contributed by atoms with Crippen molar-refractivity contribution in [2.24, 2.45) is 5.92 Å². The van der Waals surface area contributed by atoms with Crippen LogP contribution in [0.5, 0.6) is 0 Å². The smallest absolute Gasteiger partial charge is 0.217 e. The first-order chi connectivity index (χ1) is 10.1. The molecule has 1 aromatic rings. The van der Waals surface area contributed by atoms with Crippen molar-refractivity contribution in [1.82, 2.24) is 10.2 Å². The maximum absolute atomic E-state index is 11.5. The lowest BCUT2D eigenvalue weighted by Gasteiger charge is -2.38. The minimum Gasteiger partial charge on any atom is -0.352 e. The van der Waals surface area contributed by atoms with Crippen molar-refractivity contribution in [2.45, 2.75) is 50.2 Å². The maximum atomic E-state index is 11.5. The standard InChI is InChI=1S/C17H21ClN2O/c1-10(21)19-15-9-20-13-6-7-16(20)17(15)14(8-13)11-2-4-12(18)5-3-11/h2-5,13-17H,6-9H2,1H3,(H,19,21)/t13-,14-,15?,16+,17-/m0/s1. The van der Waals surface area contributed by atoms with Crippen LogP contribution in [0.3, 0.4) is 0 Å². The lowest BCUT2D eigenvalue weighted by atomic mass is 9.76. The molecule has 0 spiro atoms. The topological polar surface area (TPSA) is 32.3 Å². The van der Waals surface area contributed by atoms with Gasteiger partial charge in [-0.05, 0) is 42.9 Å². The zero-order valence-electron chi connectivity index (χ0n) is 12.3. The summed E-state index contributed by atoms with van der Waals surface area (Å²) in [4.78, 5) is 14.2. The molecule has 0 aromatic heterocycles. The summed E-state index contributed by atoms with van der Waals surface area (Å²) in [6.45, 7) is 2.66. The van der Waals surface area contributed by atoms with Gasteiger partial charge in [0, 0.05) is 42.5 Å². The number of hydrogen-bond acceptors (Lipinski definition) is 2. The minimum atomic E-state index is 0.0967. The largest absolute Gasteiger partial charge is 0.352 e. The van der Waals surface area contributed by atoms with Crippen molar-refractivity contribution in [2.75, 3.05) is 6.54 Å². The van der Waals surface area contributed by atoms with Crippen molar-refractivity contribution in [1.29, 1.82) is 0 Å². The Balaban J connectivity index is 1.67. The molecule has 1 amide bonds. The second-order valence-corrected chi connectivity index (χ2v) is 7.21. The van der Waals surface area contributed by atoms with E-state index in [0.717, 1.165) is 11.6 Å². The van der Waals surface area contributed by atoms with Gasteiger partial charge in [-0.25, -0.2) is 0 Å². The normalized spacial score (nSPS) is 40.3. The molecule has 21 heavy (non-hydrogen) atoms. The van der Waals surface area contributed by atoms with Gasteiger partial charge in [-0.2, -0.15) is 0 Å². The van der Waals surface area contributed by atoms with Crippen molar-refractivity contribution in [3.05, 3.63) is 34.9 Å². The van der Waals surface area contributed by atoms with E-state index >= 15 is 0 Å². The molecule has 0 aliphatic carbocycles. The minimum absolute atomic E-state index is 0.0967. The fourth-order valence-electron chi connectivity index (χ4n) is 5.00. The van der Waals surface area contributed by atoms with E-state index in [2.05, 4.69) is 22.3 Å². The lowest BCUT2D eigenvalue weighted by molar-refractivity contribution is -0.119. The summed E-state index contributed by atoms with van der Waals surface area (Å²) in [5.74, 6) is 1.20. The molecule has 6 atom stereocenters. The molecule has 4 heteroatoms. The van der Waals surface area contributed by atoms with E-state index in [1.54, 1.807) is 6.92 Å². The molecule has 3 fully saturated rings. The van der Waals surface area contributed by atoms with Gasteiger partial charge in [-0.1, -0.05) is 23.7 Å². The Hall–Kier alpha value is -1.06. The van der Waals surface area contributed by atoms with E-state index in [1.807, 2.05) is 12.1 Å². The van der Waals surface area contributed by atoms with Gasteiger partial charge in [0.1, 0.15) is 0 Å². The number of hydrogen-bond donors (Lipinski definition) is 1. The Morgan fingerprint density at radius 2 is 2.05 bits per heavy atom. The van der Waals surface area contributed by atoms with Gasteiger partial charge in [0.15, 0.2) is 0 Å². The summed E-state index contributed by atoms with van der Waals surface area (Å²) in [5.41, 5.74) is 1.39. The number of benzene rings is 1. The van der Waals surface area contributed by atoms with E-state index < -0.39 is 0 Å². The molecule has 1 N–H and O–H groups in total. The number of nitrogens with zero attached hydrogens (tertiary/aromatic N) is 1. The fraction of sp³-hybridized carbons (Fsp3) is 0.588. The third-order valence-electron chi connectivity index (χ3n) is 5.68. The van der Waals surface area contributed by atoms with Crippen LogP contribution in [0, 0.1) is 5.92 Å². The third kappa shape index (κ3) is 2.18. The average molecular weight is 305 g/mol. The van der Waals surface area contributed by atoms with Crippen molar-refractivity contribution >= 4 is 17.5 Å². The number of carbonyl (C=O) groups is 1. The predicted octanol–water partition coefficient (Wildman–Crippen LogP) is 2.79. The molecule has 0 radical (unpaired) electrons. The van der Waals surface area contributed by atoms with Crippen LogP contribution in [-0.2, 0) is 4.79 Å². The quantitative estimate of drug-likeness (QED) is 0.911. The van der Waals surface area contributed by atoms with Crippen LogP contribution in [0.2, 0.25) is 5.02 Å². The highest BCUT2D eigenvalue weighted by Crippen LogP contribution is 2.52. The van der Waals surface area contributed by atoms with E-state index in [4.69, 9.17) is 11.6 Å². The van der Waals surface area contributed by atoms with Gasteiger partial charge in [0.2, 0.25) is 5.91 Å². The zero-order valence-corrected chi connectivity index (χ0v) is 13.0. The summed E-state index contributed by atoms with van der Waals surface area (Å²) >= 11 is 6.03. The molecule has 2 unspecified atom stereocenters. The fourth-order valence-corrected chi connectivity index (χ4v) is 5.13. The van der Waals surface area contributed by atoms with Gasteiger partial charge >= 0.3 is 0 Å². The Bertz CT molecular complexity index is 558. The van der Waals surface area contributed by atoms with Crippen LogP contribution in [0.15, 0.2) is 24.3 Å². The second kappa shape index (κ2) is 4.99. The number of piperidine rings is 1. The zero-order chi connectivity index (χ0) is 14.6. The molecule has 4 rings (SSSR count). The van der Waals surface area contributed by atoms with Gasteiger partial charge in [0.05, 0.1) is 0 Å². The van der Waals surface area contributed by atoms with Gasteiger partial charge in [0.25, 0.3) is 0 Å².